The normalized spacial score (nSPS) is 25.1. The molecule has 8 heteroatoms. The molecule has 3 atom stereocenters. The third kappa shape index (κ3) is 5.75. The summed E-state index contributed by atoms with van der Waals surface area (Å²) in [6.45, 7) is 10.4. The molecule has 0 spiro atoms. The molecule has 3 unspecified atom stereocenters. The molecule has 30 heavy (non-hydrogen) atoms. The van der Waals surface area contributed by atoms with Crippen LogP contribution in [0.4, 0.5) is 0 Å². The molecule has 2 saturated heterocycles. The van der Waals surface area contributed by atoms with E-state index >= 15 is 0 Å². The van der Waals surface area contributed by atoms with Crippen molar-refractivity contribution in [2.75, 3.05) is 32.7 Å². The van der Waals surface area contributed by atoms with Crippen molar-refractivity contribution in [3.8, 4) is 0 Å². The van der Waals surface area contributed by atoms with Gasteiger partial charge >= 0.3 is 0 Å². The van der Waals surface area contributed by atoms with E-state index in [2.05, 4.69) is 24.1 Å². The molecular formula is C22H34ClN3O3S. The first-order valence-corrected chi connectivity index (χ1v) is 12.8. The molecule has 1 amide bonds. The van der Waals surface area contributed by atoms with E-state index in [4.69, 9.17) is 11.6 Å². The summed E-state index contributed by atoms with van der Waals surface area (Å²) in [5.41, 5.74) is 0.321. The average Bonchev–Trinajstić information content (AvgIpc) is 2.67. The molecule has 0 aliphatic carbocycles. The zero-order valence-electron chi connectivity index (χ0n) is 18.2. The number of halogens is 1. The summed E-state index contributed by atoms with van der Waals surface area (Å²) >= 11 is 6.22. The van der Waals surface area contributed by atoms with Crippen LogP contribution in [0.5, 0.6) is 0 Å². The molecule has 0 radical (unpaired) electrons. The molecule has 0 aromatic heterocycles. The van der Waals surface area contributed by atoms with Crippen LogP contribution in [0.3, 0.4) is 0 Å². The second-order valence-corrected chi connectivity index (χ2v) is 11.5. The van der Waals surface area contributed by atoms with E-state index < -0.39 is 10.0 Å². The summed E-state index contributed by atoms with van der Waals surface area (Å²) < 4.78 is 27.5. The van der Waals surface area contributed by atoms with E-state index in [1.165, 1.54) is 22.9 Å². The summed E-state index contributed by atoms with van der Waals surface area (Å²) in [6, 6.07) is 4.48. The lowest BCUT2D eigenvalue weighted by molar-refractivity contribution is 0.0904. The zero-order valence-corrected chi connectivity index (χ0v) is 19.8. The summed E-state index contributed by atoms with van der Waals surface area (Å²) in [5.74, 6) is 1.05. The fourth-order valence-electron chi connectivity index (χ4n) is 4.77. The third-order valence-electron chi connectivity index (χ3n) is 5.98. The van der Waals surface area contributed by atoms with Gasteiger partial charge in [-0.2, -0.15) is 4.31 Å². The Labute approximate surface area is 186 Å². The lowest BCUT2D eigenvalue weighted by Gasteiger charge is -2.36. The van der Waals surface area contributed by atoms with Crippen LogP contribution in [0.2, 0.25) is 5.02 Å². The van der Waals surface area contributed by atoms with Crippen molar-refractivity contribution in [2.45, 2.75) is 57.4 Å². The Morgan fingerprint density at radius 3 is 2.43 bits per heavy atom. The van der Waals surface area contributed by atoms with Gasteiger partial charge in [-0.1, -0.05) is 31.9 Å². The zero-order chi connectivity index (χ0) is 21.9. The maximum Gasteiger partial charge on any atom is 0.251 e. The number of hydrogen-bond donors (Lipinski definition) is 1. The summed E-state index contributed by atoms with van der Waals surface area (Å²) in [6.07, 6.45) is 3.98. The number of piperidine rings is 2. The third-order valence-corrected chi connectivity index (χ3v) is 8.36. The van der Waals surface area contributed by atoms with Crippen LogP contribution in [0, 0.1) is 11.8 Å². The van der Waals surface area contributed by atoms with Gasteiger partial charge in [0.25, 0.3) is 5.91 Å². The predicted molar refractivity (Wildman–Crippen MR) is 120 cm³/mol. The molecule has 2 aliphatic rings. The summed E-state index contributed by atoms with van der Waals surface area (Å²) in [4.78, 5) is 15.2. The van der Waals surface area contributed by atoms with Crippen LogP contribution in [-0.2, 0) is 10.0 Å². The van der Waals surface area contributed by atoms with Gasteiger partial charge in [-0.05, 0) is 56.2 Å². The number of hydrogen-bond acceptors (Lipinski definition) is 4. The highest BCUT2D eigenvalue weighted by Gasteiger charge is 2.29. The van der Waals surface area contributed by atoms with Gasteiger partial charge in [-0.25, -0.2) is 8.42 Å². The van der Waals surface area contributed by atoms with Crippen molar-refractivity contribution in [3.63, 3.8) is 0 Å². The number of amides is 1. The highest BCUT2D eigenvalue weighted by molar-refractivity contribution is 7.89. The van der Waals surface area contributed by atoms with E-state index in [-0.39, 0.29) is 21.9 Å². The molecule has 0 saturated carbocycles. The minimum absolute atomic E-state index is 0.0186. The Balaban J connectivity index is 1.68. The Bertz CT molecular complexity index is 845. The van der Waals surface area contributed by atoms with Gasteiger partial charge in [0.1, 0.15) is 4.90 Å². The Morgan fingerprint density at radius 2 is 1.80 bits per heavy atom. The summed E-state index contributed by atoms with van der Waals surface area (Å²) in [5, 5.41) is 3.17. The van der Waals surface area contributed by atoms with Crippen molar-refractivity contribution >= 4 is 27.5 Å². The highest BCUT2D eigenvalue weighted by Crippen LogP contribution is 2.28. The molecule has 1 aromatic rings. The van der Waals surface area contributed by atoms with E-state index in [0.717, 1.165) is 38.9 Å². The van der Waals surface area contributed by atoms with Gasteiger partial charge in [0.15, 0.2) is 0 Å². The first-order chi connectivity index (χ1) is 14.2. The number of carbonyl (C=O) groups is 1. The molecule has 168 valence electrons. The smallest absolute Gasteiger partial charge is 0.251 e. The topological polar surface area (TPSA) is 69.7 Å². The number of sulfonamides is 1. The van der Waals surface area contributed by atoms with Crippen molar-refractivity contribution in [1.82, 2.24) is 14.5 Å². The molecule has 3 rings (SSSR count). The lowest BCUT2D eigenvalue weighted by Crippen LogP contribution is -2.47. The van der Waals surface area contributed by atoms with E-state index in [1.807, 2.05) is 6.92 Å². The van der Waals surface area contributed by atoms with Gasteiger partial charge < -0.3 is 10.2 Å². The Kier molecular flexibility index (Phi) is 7.82. The van der Waals surface area contributed by atoms with Gasteiger partial charge in [-0.15, -0.1) is 0 Å². The number of benzene rings is 1. The number of nitrogens with zero attached hydrogens (tertiary/aromatic N) is 2. The van der Waals surface area contributed by atoms with Gasteiger partial charge in [0.2, 0.25) is 10.0 Å². The van der Waals surface area contributed by atoms with Gasteiger partial charge in [0.05, 0.1) is 5.02 Å². The first kappa shape index (κ1) is 23.5. The predicted octanol–water partition coefficient (Wildman–Crippen LogP) is 3.61. The Morgan fingerprint density at radius 1 is 1.17 bits per heavy atom. The second kappa shape index (κ2) is 9.98. The molecule has 1 N–H and O–H groups in total. The maximum absolute atomic E-state index is 13.0. The fraction of sp³-hybridized carbons (Fsp3) is 0.682. The number of rotatable bonds is 6. The first-order valence-electron chi connectivity index (χ1n) is 11.0. The molecule has 1 aromatic carbocycles. The molecule has 2 fully saturated rings. The van der Waals surface area contributed by atoms with Crippen LogP contribution in [0.1, 0.15) is 56.8 Å². The SMILES string of the molecule is CC1CC(C)CN(CC(C)NC(=O)c2ccc(Cl)c(S(=O)(=O)N3CCCCC3)c2)C1. The summed E-state index contributed by atoms with van der Waals surface area (Å²) in [7, 11) is -3.70. The van der Waals surface area contributed by atoms with E-state index in [1.54, 1.807) is 6.07 Å². The van der Waals surface area contributed by atoms with Gasteiger partial charge in [-0.3, -0.25) is 4.79 Å². The molecule has 2 aliphatic heterocycles. The number of carbonyl (C=O) groups excluding carboxylic acids is 1. The highest BCUT2D eigenvalue weighted by atomic mass is 35.5. The molecular weight excluding hydrogens is 422 g/mol. The number of nitrogens with one attached hydrogen (secondary N) is 1. The standard InChI is InChI=1S/C22H34ClN3O3S/c1-16-11-17(2)14-25(13-16)15-18(3)24-22(27)19-7-8-20(23)21(12-19)30(28,29)26-9-5-4-6-10-26/h7-8,12,16-18H,4-6,9-11,13-15H2,1-3H3,(H,24,27). The minimum Gasteiger partial charge on any atom is -0.348 e. The quantitative estimate of drug-likeness (QED) is 0.711. The number of likely N-dealkylation sites (tertiary alicyclic amines) is 1. The van der Waals surface area contributed by atoms with Crippen LogP contribution in [-0.4, -0.2) is 62.3 Å². The van der Waals surface area contributed by atoms with Crippen molar-refractivity contribution < 1.29 is 13.2 Å². The van der Waals surface area contributed by atoms with E-state index in [0.29, 0.717) is 30.5 Å². The molecule has 6 nitrogen and oxygen atoms in total. The Hall–Kier alpha value is -1.15. The minimum atomic E-state index is -3.70. The van der Waals surface area contributed by atoms with Crippen molar-refractivity contribution in [2.24, 2.45) is 11.8 Å². The average molecular weight is 456 g/mol. The molecule has 2 heterocycles. The largest absolute Gasteiger partial charge is 0.348 e. The lowest BCUT2D eigenvalue weighted by atomic mass is 9.92. The van der Waals surface area contributed by atoms with Crippen LogP contribution >= 0.6 is 11.6 Å². The van der Waals surface area contributed by atoms with E-state index in [9.17, 15) is 13.2 Å². The van der Waals surface area contributed by atoms with Crippen LogP contribution in [0.15, 0.2) is 23.1 Å². The van der Waals surface area contributed by atoms with Gasteiger partial charge in [0, 0.05) is 44.3 Å². The van der Waals surface area contributed by atoms with Crippen molar-refractivity contribution in [1.29, 1.82) is 0 Å². The monoisotopic (exact) mass is 455 g/mol. The second-order valence-electron chi connectivity index (χ2n) is 9.15. The fourth-order valence-corrected chi connectivity index (χ4v) is 6.79. The van der Waals surface area contributed by atoms with Crippen LogP contribution in [0.25, 0.3) is 0 Å². The van der Waals surface area contributed by atoms with Crippen molar-refractivity contribution in [3.05, 3.63) is 28.8 Å². The maximum atomic E-state index is 13.0. The van der Waals surface area contributed by atoms with Crippen LogP contribution < -0.4 is 5.32 Å². The molecule has 0 bridgehead atoms.